The summed E-state index contributed by atoms with van der Waals surface area (Å²) >= 11 is 0. The molecule has 19 heavy (non-hydrogen) atoms. The number of nitrogens with one attached hydrogen (secondary N) is 1. The molecule has 5 heteroatoms. The Labute approximate surface area is 113 Å². The van der Waals surface area contributed by atoms with Gasteiger partial charge in [0.25, 0.3) is 0 Å². The third-order valence-corrected chi connectivity index (χ3v) is 3.92. The fourth-order valence-electron chi connectivity index (χ4n) is 2.53. The molecule has 0 aromatic carbocycles. The summed E-state index contributed by atoms with van der Waals surface area (Å²) in [7, 11) is 0. The molecule has 1 amide bonds. The second-order valence-corrected chi connectivity index (χ2v) is 5.80. The summed E-state index contributed by atoms with van der Waals surface area (Å²) in [5.41, 5.74) is 2.97. The Morgan fingerprint density at radius 2 is 2.21 bits per heavy atom. The zero-order chi connectivity index (χ0) is 13.4. The molecule has 104 valence electrons. The van der Waals surface area contributed by atoms with Crippen LogP contribution in [0.15, 0.2) is 10.5 Å². The Kier molecular flexibility index (Phi) is 3.33. The maximum absolute atomic E-state index is 11.5. The van der Waals surface area contributed by atoms with E-state index < -0.39 is 0 Å². The lowest BCUT2D eigenvalue weighted by Crippen LogP contribution is -2.30. The second kappa shape index (κ2) is 4.98. The Bertz CT molecular complexity index is 475. The van der Waals surface area contributed by atoms with E-state index in [9.17, 15) is 4.79 Å². The predicted molar refractivity (Wildman–Crippen MR) is 71.3 cm³/mol. The van der Waals surface area contributed by atoms with Gasteiger partial charge in [-0.15, -0.1) is 0 Å². The Balaban J connectivity index is 1.68. The summed E-state index contributed by atoms with van der Waals surface area (Å²) in [4.78, 5) is 14.0. The predicted octanol–water partition coefficient (Wildman–Crippen LogP) is 1.57. The largest absolute Gasteiger partial charge is 0.454 e. The molecule has 5 nitrogen and oxygen atoms in total. The van der Waals surface area contributed by atoms with Crippen molar-refractivity contribution in [1.82, 2.24) is 10.3 Å². The average Bonchev–Trinajstić information content (AvgIpc) is 3.27. The van der Waals surface area contributed by atoms with Crippen LogP contribution in [-0.4, -0.2) is 23.4 Å². The van der Waals surface area contributed by atoms with E-state index in [0.717, 1.165) is 29.8 Å². The highest BCUT2D eigenvalue weighted by Gasteiger charge is 2.34. The summed E-state index contributed by atoms with van der Waals surface area (Å²) in [5.74, 6) is 6.86. The number of nitrogens with two attached hydrogens (primary N) is 1. The molecule has 0 bridgehead atoms. The van der Waals surface area contributed by atoms with E-state index >= 15 is 0 Å². The van der Waals surface area contributed by atoms with Crippen LogP contribution in [0, 0.1) is 12.8 Å². The maximum Gasteiger partial charge on any atom is 0.301 e. The Hall–Kier alpha value is -1.33. The molecule has 2 fully saturated rings. The van der Waals surface area contributed by atoms with Gasteiger partial charge in [-0.3, -0.25) is 15.1 Å². The Morgan fingerprint density at radius 1 is 1.47 bits per heavy atom. The highest BCUT2D eigenvalue weighted by Crippen LogP contribution is 2.35. The van der Waals surface area contributed by atoms with Gasteiger partial charge in [-0.25, -0.2) is 5.84 Å². The molecule has 3 N–H and O–H groups in total. The van der Waals surface area contributed by atoms with E-state index in [1.165, 1.54) is 32.2 Å². The number of amides is 1. The molecule has 0 atom stereocenters. The van der Waals surface area contributed by atoms with Crippen molar-refractivity contribution < 1.29 is 9.21 Å². The maximum atomic E-state index is 11.5. The van der Waals surface area contributed by atoms with Crippen molar-refractivity contribution in [3.63, 3.8) is 0 Å². The third-order valence-electron chi connectivity index (χ3n) is 3.92. The lowest BCUT2D eigenvalue weighted by Gasteiger charge is -2.20. The van der Waals surface area contributed by atoms with Crippen molar-refractivity contribution >= 4 is 5.91 Å². The molecule has 1 aromatic rings. The number of hydrazine groups is 1. The van der Waals surface area contributed by atoms with Crippen LogP contribution in [0.2, 0.25) is 0 Å². The smallest absolute Gasteiger partial charge is 0.301 e. The van der Waals surface area contributed by atoms with E-state index in [1.807, 2.05) is 13.0 Å². The number of rotatable bonds is 6. The molecule has 1 heterocycles. The first-order chi connectivity index (χ1) is 9.17. The summed E-state index contributed by atoms with van der Waals surface area (Å²) in [6.45, 7) is 3.85. The van der Waals surface area contributed by atoms with Crippen molar-refractivity contribution in [3.8, 4) is 0 Å². The highest BCUT2D eigenvalue weighted by molar-refractivity contribution is 5.92. The summed E-state index contributed by atoms with van der Waals surface area (Å²) in [6.07, 6.45) is 5.31. The topological polar surface area (TPSA) is 71.5 Å². The monoisotopic (exact) mass is 263 g/mol. The van der Waals surface area contributed by atoms with Gasteiger partial charge in [0.05, 0.1) is 6.54 Å². The number of nitrogens with zero attached hydrogens (tertiary/aromatic N) is 1. The standard InChI is InChI=1S/C14H21N3O2/c1-9-6-12(19-13(9)14(18)16-15)8-17(11-4-5-11)7-10-2-3-10/h6,10-11H,2-5,7-8,15H2,1H3,(H,16,18). The fraction of sp³-hybridized carbons (Fsp3) is 0.643. The lowest BCUT2D eigenvalue weighted by atomic mass is 10.2. The van der Waals surface area contributed by atoms with E-state index in [4.69, 9.17) is 10.3 Å². The van der Waals surface area contributed by atoms with Gasteiger partial charge in [-0.05, 0) is 44.6 Å². The van der Waals surface area contributed by atoms with Gasteiger partial charge < -0.3 is 4.42 Å². The Morgan fingerprint density at radius 3 is 2.79 bits per heavy atom. The number of aryl methyl sites for hydroxylation is 1. The van der Waals surface area contributed by atoms with Crippen molar-refractivity contribution in [1.29, 1.82) is 0 Å². The molecule has 0 radical (unpaired) electrons. The number of furan rings is 1. The van der Waals surface area contributed by atoms with Gasteiger partial charge in [-0.1, -0.05) is 0 Å². The van der Waals surface area contributed by atoms with Gasteiger partial charge in [0.2, 0.25) is 0 Å². The minimum absolute atomic E-state index is 0.333. The van der Waals surface area contributed by atoms with Gasteiger partial charge in [-0.2, -0.15) is 0 Å². The molecule has 0 saturated heterocycles. The molecule has 2 aliphatic rings. The van der Waals surface area contributed by atoms with Gasteiger partial charge in [0.1, 0.15) is 5.76 Å². The average molecular weight is 263 g/mol. The zero-order valence-electron chi connectivity index (χ0n) is 11.3. The van der Waals surface area contributed by atoms with Crippen LogP contribution in [0.25, 0.3) is 0 Å². The first kappa shape index (κ1) is 12.7. The second-order valence-electron chi connectivity index (χ2n) is 5.80. The molecule has 2 aliphatic carbocycles. The van der Waals surface area contributed by atoms with Crippen LogP contribution in [-0.2, 0) is 6.54 Å². The van der Waals surface area contributed by atoms with Gasteiger partial charge in [0.15, 0.2) is 5.76 Å². The zero-order valence-corrected chi connectivity index (χ0v) is 11.3. The van der Waals surface area contributed by atoms with Crippen molar-refractivity contribution in [2.45, 2.75) is 45.2 Å². The van der Waals surface area contributed by atoms with Gasteiger partial charge in [0, 0.05) is 18.2 Å². The van der Waals surface area contributed by atoms with Gasteiger partial charge >= 0.3 is 5.91 Å². The van der Waals surface area contributed by atoms with E-state index in [-0.39, 0.29) is 5.91 Å². The van der Waals surface area contributed by atoms with Crippen LogP contribution in [0.3, 0.4) is 0 Å². The molecule has 3 rings (SSSR count). The van der Waals surface area contributed by atoms with Crippen molar-refractivity contribution in [2.24, 2.45) is 11.8 Å². The van der Waals surface area contributed by atoms with Crippen LogP contribution in [0.1, 0.15) is 47.6 Å². The summed E-state index contributed by atoms with van der Waals surface area (Å²) in [5, 5.41) is 0. The van der Waals surface area contributed by atoms with Crippen molar-refractivity contribution in [2.75, 3.05) is 6.54 Å². The molecule has 0 spiro atoms. The van der Waals surface area contributed by atoms with Crippen LogP contribution >= 0.6 is 0 Å². The van der Waals surface area contributed by atoms with E-state index in [2.05, 4.69) is 10.3 Å². The molecule has 2 saturated carbocycles. The number of hydrogen-bond donors (Lipinski definition) is 2. The minimum Gasteiger partial charge on any atom is -0.454 e. The first-order valence-corrected chi connectivity index (χ1v) is 7.01. The van der Waals surface area contributed by atoms with E-state index in [1.54, 1.807) is 0 Å². The van der Waals surface area contributed by atoms with Crippen LogP contribution < -0.4 is 11.3 Å². The fourth-order valence-corrected chi connectivity index (χ4v) is 2.53. The minimum atomic E-state index is -0.357. The molecule has 1 aromatic heterocycles. The van der Waals surface area contributed by atoms with Crippen LogP contribution in [0.4, 0.5) is 0 Å². The number of carbonyl (C=O) groups is 1. The number of carbonyl (C=O) groups excluding carboxylic acids is 1. The normalized spacial score (nSPS) is 18.9. The molecular weight excluding hydrogens is 242 g/mol. The summed E-state index contributed by atoms with van der Waals surface area (Å²) in [6, 6.07) is 2.67. The van der Waals surface area contributed by atoms with Crippen LogP contribution in [0.5, 0.6) is 0 Å². The molecule has 0 unspecified atom stereocenters. The third kappa shape index (κ3) is 2.98. The number of hydrogen-bond acceptors (Lipinski definition) is 4. The quantitative estimate of drug-likeness (QED) is 0.464. The van der Waals surface area contributed by atoms with E-state index in [0.29, 0.717) is 5.76 Å². The molecular formula is C14H21N3O2. The van der Waals surface area contributed by atoms with Crippen molar-refractivity contribution in [3.05, 3.63) is 23.2 Å². The highest BCUT2D eigenvalue weighted by atomic mass is 16.4. The first-order valence-electron chi connectivity index (χ1n) is 7.01. The lowest BCUT2D eigenvalue weighted by molar-refractivity contribution is 0.0920. The SMILES string of the molecule is Cc1cc(CN(CC2CC2)C2CC2)oc1C(=O)NN. The molecule has 0 aliphatic heterocycles. The number of nitrogen functional groups attached to an aromatic ring is 1. The summed E-state index contributed by atoms with van der Waals surface area (Å²) < 4.78 is 5.64.